The zero-order chi connectivity index (χ0) is 17.7. The number of hydrogen-bond donors (Lipinski definition) is 0. The summed E-state index contributed by atoms with van der Waals surface area (Å²) in [5.74, 6) is 1.70. The molecule has 0 bridgehead atoms. The first-order valence-corrected chi connectivity index (χ1v) is 14.2. The Morgan fingerprint density at radius 1 is 1.12 bits per heavy atom. The summed E-state index contributed by atoms with van der Waals surface area (Å²) in [5.41, 5.74) is 6.88. The molecule has 1 aromatic rings. The average Bonchev–Trinajstić information content (AvgIpc) is 3.41. The number of alkyl halides is 1. The molecular formula is C23H28I2. The minimum atomic E-state index is -1.25. The van der Waals surface area contributed by atoms with Crippen LogP contribution in [0, 0.1) is 13.1 Å². The van der Waals surface area contributed by atoms with E-state index in [2.05, 4.69) is 65.8 Å². The van der Waals surface area contributed by atoms with Gasteiger partial charge in [0, 0.05) is 0 Å². The van der Waals surface area contributed by atoms with Crippen LogP contribution in [0.4, 0.5) is 0 Å². The van der Waals surface area contributed by atoms with Crippen LogP contribution in [0.15, 0.2) is 40.5 Å². The Bertz CT molecular complexity index is 759. The number of hydrogen-bond acceptors (Lipinski definition) is 0. The van der Waals surface area contributed by atoms with Crippen LogP contribution in [0.5, 0.6) is 0 Å². The van der Waals surface area contributed by atoms with Gasteiger partial charge in [0.1, 0.15) is 0 Å². The Balaban J connectivity index is 1.76. The molecule has 2 aliphatic carbocycles. The maximum atomic E-state index is 4.46. The van der Waals surface area contributed by atoms with Crippen LogP contribution in [-0.4, -0.2) is 3.92 Å². The Labute approximate surface area is 173 Å². The molecule has 0 amide bonds. The van der Waals surface area contributed by atoms with Crippen molar-refractivity contribution in [3.63, 3.8) is 0 Å². The Morgan fingerprint density at radius 2 is 1.80 bits per heavy atom. The van der Waals surface area contributed by atoms with Gasteiger partial charge in [0.05, 0.1) is 0 Å². The van der Waals surface area contributed by atoms with E-state index in [1.807, 2.05) is 0 Å². The standard InChI is InChI=1S/C23H28I2/c1-14(2)21-13-25(18-9-10-18)23-12-20(17-7-5-15(3)6-8-17)22(24)11-19(23)16(21)4/h11-13,15,17-18H,1,4-10H2,2-3H3. The molecular weight excluding hydrogens is 530 g/mol. The van der Waals surface area contributed by atoms with E-state index in [0.29, 0.717) is 0 Å². The van der Waals surface area contributed by atoms with Gasteiger partial charge in [-0.05, 0) is 0 Å². The molecule has 2 heteroatoms. The molecule has 0 unspecified atom stereocenters. The second-order valence-corrected chi connectivity index (χ2v) is 14.8. The van der Waals surface area contributed by atoms with E-state index >= 15 is 0 Å². The summed E-state index contributed by atoms with van der Waals surface area (Å²) in [6.45, 7) is 13.2. The van der Waals surface area contributed by atoms with Gasteiger partial charge in [0.15, 0.2) is 0 Å². The molecule has 25 heavy (non-hydrogen) atoms. The molecule has 1 aromatic carbocycles. The van der Waals surface area contributed by atoms with Gasteiger partial charge in [0.25, 0.3) is 0 Å². The summed E-state index contributed by atoms with van der Waals surface area (Å²) in [6.07, 6.45) is 8.44. The van der Waals surface area contributed by atoms with E-state index < -0.39 is 19.8 Å². The van der Waals surface area contributed by atoms with Crippen molar-refractivity contribution in [2.45, 2.75) is 62.2 Å². The number of allylic oxidation sites excluding steroid dienone is 3. The third-order valence-electron chi connectivity index (χ3n) is 5.95. The van der Waals surface area contributed by atoms with Gasteiger partial charge in [-0.1, -0.05) is 0 Å². The monoisotopic (exact) mass is 558 g/mol. The summed E-state index contributed by atoms with van der Waals surface area (Å²) in [4.78, 5) is 0. The van der Waals surface area contributed by atoms with E-state index in [1.54, 1.807) is 9.13 Å². The number of fused-ring (bicyclic) bond motifs is 1. The SMILES string of the molecule is C=C(C)C1=CI(C2CC2)c2cc(C3CCC(C)CC3)c(I)cc2C1=C. The van der Waals surface area contributed by atoms with Crippen molar-refractivity contribution in [2.24, 2.45) is 5.92 Å². The quantitative estimate of drug-likeness (QED) is 0.261. The zero-order valence-electron chi connectivity index (χ0n) is 15.4. The molecule has 134 valence electrons. The summed E-state index contributed by atoms with van der Waals surface area (Å²) in [6, 6.07) is 5.10. The van der Waals surface area contributed by atoms with Crippen LogP contribution in [0.2, 0.25) is 0 Å². The van der Waals surface area contributed by atoms with Gasteiger partial charge in [-0.15, -0.1) is 0 Å². The Morgan fingerprint density at radius 3 is 2.40 bits per heavy atom. The summed E-state index contributed by atoms with van der Waals surface area (Å²) >= 11 is 1.34. The summed E-state index contributed by atoms with van der Waals surface area (Å²) in [5, 5.41) is 0. The number of rotatable bonds is 3. The molecule has 0 atom stereocenters. The first-order chi connectivity index (χ1) is 12.0. The van der Waals surface area contributed by atoms with Crippen LogP contribution in [-0.2, 0) is 0 Å². The normalized spacial score (nSPS) is 27.7. The Kier molecular flexibility index (Phi) is 5.22. The Hall–Kier alpha value is -0.100. The molecule has 1 aliphatic heterocycles. The molecule has 3 aliphatic rings. The third-order valence-corrected chi connectivity index (χ3v) is 13.6. The fourth-order valence-electron chi connectivity index (χ4n) is 4.15. The van der Waals surface area contributed by atoms with Crippen LogP contribution in [0.3, 0.4) is 0 Å². The van der Waals surface area contributed by atoms with Crippen molar-refractivity contribution in [1.29, 1.82) is 0 Å². The van der Waals surface area contributed by atoms with Crippen LogP contribution in [0.1, 0.15) is 69.4 Å². The molecule has 1 heterocycles. The van der Waals surface area contributed by atoms with Crippen molar-refractivity contribution < 1.29 is 0 Å². The molecule has 2 fully saturated rings. The number of halogens is 2. The van der Waals surface area contributed by atoms with Crippen molar-refractivity contribution >= 4 is 48.0 Å². The van der Waals surface area contributed by atoms with Crippen molar-refractivity contribution in [3.05, 3.63) is 58.8 Å². The summed E-state index contributed by atoms with van der Waals surface area (Å²) in [7, 11) is 0. The fourth-order valence-corrected chi connectivity index (χ4v) is 12.0. The first kappa shape index (κ1) is 18.3. The fraction of sp³-hybridized carbons (Fsp3) is 0.478. The van der Waals surface area contributed by atoms with Gasteiger partial charge < -0.3 is 0 Å². The van der Waals surface area contributed by atoms with Gasteiger partial charge in [-0.2, -0.15) is 0 Å². The molecule has 0 aromatic heterocycles. The maximum absolute atomic E-state index is 4.46. The molecule has 0 N–H and O–H groups in total. The van der Waals surface area contributed by atoms with Crippen LogP contribution < -0.4 is 0 Å². The van der Waals surface area contributed by atoms with E-state index in [9.17, 15) is 0 Å². The van der Waals surface area contributed by atoms with Crippen LogP contribution in [0.25, 0.3) is 5.57 Å². The minimum absolute atomic E-state index is 0.783. The topological polar surface area (TPSA) is 0 Å². The summed E-state index contributed by atoms with van der Waals surface area (Å²) < 4.78 is 6.79. The van der Waals surface area contributed by atoms with Crippen molar-refractivity contribution in [1.82, 2.24) is 0 Å². The zero-order valence-corrected chi connectivity index (χ0v) is 19.7. The molecule has 0 spiro atoms. The van der Waals surface area contributed by atoms with Crippen molar-refractivity contribution in [2.75, 3.05) is 0 Å². The molecule has 0 nitrogen and oxygen atoms in total. The van der Waals surface area contributed by atoms with Gasteiger partial charge in [0.2, 0.25) is 0 Å². The molecule has 4 rings (SSSR count). The second kappa shape index (κ2) is 7.14. The molecule has 0 saturated heterocycles. The average molecular weight is 558 g/mol. The molecule has 2 saturated carbocycles. The van der Waals surface area contributed by atoms with E-state index in [1.165, 1.54) is 64.4 Å². The van der Waals surface area contributed by atoms with Crippen LogP contribution >= 0.6 is 42.4 Å². The second-order valence-electron chi connectivity index (χ2n) is 8.11. The van der Waals surface area contributed by atoms with E-state index in [0.717, 1.165) is 15.8 Å². The molecule has 0 radical (unpaired) electrons. The van der Waals surface area contributed by atoms with Gasteiger partial charge in [-0.25, -0.2) is 0 Å². The van der Waals surface area contributed by atoms with Gasteiger partial charge in [-0.3, -0.25) is 0 Å². The van der Waals surface area contributed by atoms with Crippen molar-refractivity contribution in [3.8, 4) is 0 Å². The van der Waals surface area contributed by atoms with E-state index in [-0.39, 0.29) is 0 Å². The number of benzene rings is 1. The van der Waals surface area contributed by atoms with E-state index in [4.69, 9.17) is 0 Å². The predicted molar refractivity (Wildman–Crippen MR) is 127 cm³/mol. The predicted octanol–water partition coefficient (Wildman–Crippen LogP) is 7.91. The first-order valence-electron chi connectivity index (χ1n) is 9.53. The third kappa shape index (κ3) is 3.54. The van der Waals surface area contributed by atoms with Gasteiger partial charge >= 0.3 is 175 Å².